The first-order valence-corrected chi connectivity index (χ1v) is 9.10. The summed E-state index contributed by atoms with van der Waals surface area (Å²) in [6, 6.07) is 11.6. The van der Waals surface area contributed by atoms with Gasteiger partial charge in [-0.3, -0.25) is 14.6 Å². The third-order valence-electron chi connectivity index (χ3n) is 3.80. The summed E-state index contributed by atoms with van der Waals surface area (Å²) in [4.78, 5) is 26.3. The van der Waals surface area contributed by atoms with E-state index >= 15 is 0 Å². The van der Waals surface area contributed by atoms with Gasteiger partial charge in [0, 0.05) is 18.3 Å². The minimum atomic E-state index is -0.540. The Morgan fingerprint density at radius 3 is 2.52 bits per heavy atom. The van der Waals surface area contributed by atoms with Gasteiger partial charge in [-0.15, -0.1) is 0 Å². The van der Waals surface area contributed by atoms with E-state index in [1.807, 2.05) is 36.5 Å². The number of primary amides is 1. The first-order chi connectivity index (χ1) is 12.1. The molecule has 0 aliphatic carbocycles. The zero-order valence-electron chi connectivity index (χ0n) is 14.2. The number of carbonyl (C=O) groups excluding carboxylic acids is 2. The van der Waals surface area contributed by atoms with Crippen LogP contribution in [0.5, 0.6) is 5.75 Å². The van der Waals surface area contributed by atoms with Crippen LogP contribution < -0.4 is 10.5 Å². The van der Waals surface area contributed by atoms with E-state index in [9.17, 15) is 9.59 Å². The van der Waals surface area contributed by atoms with Gasteiger partial charge in [0.25, 0.3) is 0 Å². The van der Waals surface area contributed by atoms with Crippen molar-refractivity contribution < 1.29 is 14.3 Å². The zero-order chi connectivity index (χ0) is 18.1. The molecule has 25 heavy (non-hydrogen) atoms. The number of nitrogens with two attached hydrogens (primary N) is 1. The minimum Gasteiger partial charge on any atom is -0.493 e. The van der Waals surface area contributed by atoms with E-state index in [0.29, 0.717) is 18.6 Å². The summed E-state index contributed by atoms with van der Waals surface area (Å²) in [6.45, 7) is 2.65. The molecule has 1 aromatic carbocycles. The van der Waals surface area contributed by atoms with E-state index in [0.717, 1.165) is 41.6 Å². The largest absolute Gasteiger partial charge is 0.493 e. The molecule has 6 heteroatoms. The standard InChI is InChI=1S/C19H22N2O3S/c1-2-14-3-6-16(21-12-14)9-10-24-17-7-4-15(5-8-17)11-18(19(20)23)25-13-22/h3-8,12-13,18H,2,9-11H2,1H3,(H2,20,23). The molecule has 1 heterocycles. The average molecular weight is 358 g/mol. The molecule has 1 atom stereocenters. The molecule has 2 rings (SSSR count). The predicted molar refractivity (Wildman–Crippen MR) is 100 cm³/mol. The summed E-state index contributed by atoms with van der Waals surface area (Å²) in [5.74, 6) is 0.270. The highest BCUT2D eigenvalue weighted by atomic mass is 32.2. The van der Waals surface area contributed by atoms with Gasteiger partial charge < -0.3 is 10.5 Å². The Balaban J connectivity index is 1.83. The maximum atomic E-state index is 11.3. The summed E-state index contributed by atoms with van der Waals surface area (Å²) >= 11 is 0.904. The second kappa shape index (κ2) is 9.84. The van der Waals surface area contributed by atoms with Crippen molar-refractivity contribution in [3.05, 3.63) is 59.4 Å². The van der Waals surface area contributed by atoms with E-state index < -0.39 is 11.2 Å². The number of benzene rings is 1. The van der Waals surface area contributed by atoms with Crippen LogP contribution in [0.15, 0.2) is 42.6 Å². The van der Waals surface area contributed by atoms with Crippen LogP contribution in [0.2, 0.25) is 0 Å². The highest BCUT2D eigenvalue weighted by Gasteiger charge is 2.16. The molecule has 0 aliphatic rings. The molecule has 0 aliphatic heterocycles. The highest BCUT2D eigenvalue weighted by Crippen LogP contribution is 2.18. The van der Waals surface area contributed by atoms with Gasteiger partial charge >= 0.3 is 0 Å². The number of pyridine rings is 1. The number of hydrogen-bond acceptors (Lipinski definition) is 5. The van der Waals surface area contributed by atoms with Crippen LogP contribution in [-0.2, 0) is 28.9 Å². The lowest BCUT2D eigenvalue weighted by atomic mass is 10.1. The number of hydrogen-bond donors (Lipinski definition) is 1. The predicted octanol–water partition coefficient (Wildman–Crippen LogP) is 2.59. The van der Waals surface area contributed by atoms with Gasteiger partial charge in [-0.25, -0.2) is 0 Å². The Labute approximate surface area is 152 Å². The number of nitrogens with zero attached hydrogens (tertiary/aromatic N) is 1. The molecule has 132 valence electrons. The molecule has 0 saturated heterocycles. The summed E-state index contributed by atoms with van der Waals surface area (Å²) < 4.78 is 5.73. The van der Waals surface area contributed by atoms with Gasteiger partial charge in [0.05, 0.1) is 11.9 Å². The quantitative estimate of drug-likeness (QED) is 0.660. The summed E-state index contributed by atoms with van der Waals surface area (Å²) in [5.41, 5.74) is 9.10. The summed E-state index contributed by atoms with van der Waals surface area (Å²) in [5, 5.41) is -0.540. The van der Waals surface area contributed by atoms with E-state index in [4.69, 9.17) is 10.5 Å². The van der Waals surface area contributed by atoms with E-state index in [1.165, 1.54) is 5.56 Å². The monoisotopic (exact) mass is 358 g/mol. The van der Waals surface area contributed by atoms with Gasteiger partial charge in [0.2, 0.25) is 5.91 Å². The van der Waals surface area contributed by atoms with Gasteiger partial charge in [0.1, 0.15) is 5.75 Å². The van der Waals surface area contributed by atoms with Gasteiger partial charge in [-0.1, -0.05) is 36.9 Å². The van der Waals surface area contributed by atoms with Crippen molar-refractivity contribution in [2.45, 2.75) is 31.4 Å². The van der Waals surface area contributed by atoms with E-state index in [2.05, 4.69) is 18.0 Å². The van der Waals surface area contributed by atoms with Crippen LogP contribution in [-0.4, -0.2) is 28.4 Å². The van der Waals surface area contributed by atoms with E-state index in [1.54, 1.807) is 0 Å². The molecule has 0 bridgehead atoms. The fourth-order valence-electron chi connectivity index (χ4n) is 2.30. The Morgan fingerprint density at radius 2 is 1.96 bits per heavy atom. The molecule has 1 amide bonds. The van der Waals surface area contributed by atoms with Gasteiger partial charge in [0.15, 0.2) is 5.62 Å². The van der Waals surface area contributed by atoms with Crippen molar-refractivity contribution in [2.24, 2.45) is 5.73 Å². The summed E-state index contributed by atoms with van der Waals surface area (Å²) in [6.07, 6.45) is 4.05. The normalized spacial score (nSPS) is 11.7. The average Bonchev–Trinajstić information content (AvgIpc) is 2.63. The molecule has 2 N–H and O–H groups in total. The van der Waals surface area contributed by atoms with Crippen LogP contribution in [0.25, 0.3) is 0 Å². The maximum absolute atomic E-state index is 11.3. The Kier molecular flexibility index (Phi) is 7.47. The Morgan fingerprint density at radius 1 is 1.24 bits per heavy atom. The first-order valence-electron chi connectivity index (χ1n) is 8.16. The van der Waals surface area contributed by atoms with Crippen molar-refractivity contribution in [2.75, 3.05) is 6.61 Å². The number of aryl methyl sites for hydroxylation is 1. The fourth-order valence-corrected chi connectivity index (χ4v) is 2.86. The maximum Gasteiger partial charge on any atom is 0.231 e. The molecule has 1 aromatic heterocycles. The number of rotatable bonds is 10. The van der Waals surface area contributed by atoms with Crippen molar-refractivity contribution in [3.63, 3.8) is 0 Å². The lowest BCUT2D eigenvalue weighted by Crippen LogP contribution is -2.27. The molecule has 5 nitrogen and oxygen atoms in total. The third-order valence-corrected chi connectivity index (χ3v) is 4.64. The smallest absolute Gasteiger partial charge is 0.231 e. The fraction of sp³-hybridized carbons (Fsp3) is 0.316. The Hall–Kier alpha value is -2.34. The number of thioether (sulfide) groups is 1. The van der Waals surface area contributed by atoms with Crippen LogP contribution in [0, 0.1) is 0 Å². The van der Waals surface area contributed by atoms with Crippen LogP contribution >= 0.6 is 11.8 Å². The topological polar surface area (TPSA) is 82.3 Å². The molecule has 1 unspecified atom stereocenters. The number of aromatic nitrogens is 1. The lowest BCUT2D eigenvalue weighted by molar-refractivity contribution is -0.117. The molecular weight excluding hydrogens is 336 g/mol. The van der Waals surface area contributed by atoms with Crippen molar-refractivity contribution in [1.29, 1.82) is 0 Å². The Bertz CT molecular complexity index is 687. The van der Waals surface area contributed by atoms with Crippen molar-refractivity contribution in [1.82, 2.24) is 4.98 Å². The van der Waals surface area contributed by atoms with Crippen LogP contribution in [0.1, 0.15) is 23.7 Å². The third kappa shape index (κ3) is 6.23. The number of ether oxygens (including phenoxy) is 1. The number of carbonyl (C=O) groups is 2. The van der Waals surface area contributed by atoms with Crippen LogP contribution in [0.4, 0.5) is 0 Å². The molecule has 0 radical (unpaired) electrons. The van der Waals surface area contributed by atoms with E-state index in [-0.39, 0.29) is 0 Å². The highest BCUT2D eigenvalue weighted by molar-refractivity contribution is 8.13. The SMILES string of the molecule is CCc1ccc(CCOc2ccc(CC(SC=O)C(N)=O)cc2)nc1. The van der Waals surface area contributed by atoms with Gasteiger partial charge in [-0.2, -0.15) is 0 Å². The molecule has 0 saturated carbocycles. The second-order valence-electron chi connectivity index (χ2n) is 5.58. The van der Waals surface area contributed by atoms with Gasteiger partial charge in [-0.05, 0) is 42.2 Å². The van der Waals surface area contributed by atoms with Crippen molar-refractivity contribution >= 4 is 23.3 Å². The van der Waals surface area contributed by atoms with Crippen LogP contribution in [0.3, 0.4) is 0 Å². The zero-order valence-corrected chi connectivity index (χ0v) is 15.0. The van der Waals surface area contributed by atoms with Crippen molar-refractivity contribution in [3.8, 4) is 5.75 Å². The number of amides is 1. The first kappa shape index (κ1) is 19.0. The molecular formula is C19H22N2O3S. The molecule has 0 fully saturated rings. The second-order valence-corrected chi connectivity index (χ2v) is 6.61. The lowest BCUT2D eigenvalue weighted by Gasteiger charge is -2.11. The molecule has 0 spiro atoms. The summed E-state index contributed by atoms with van der Waals surface area (Å²) in [7, 11) is 0. The minimum absolute atomic E-state index is 0.423. The molecule has 2 aromatic rings.